The molecule has 1 amide bonds. The second-order valence-electron chi connectivity index (χ2n) is 8.24. The first-order valence-electron chi connectivity index (χ1n) is 11.5. The van der Waals surface area contributed by atoms with E-state index in [1.54, 1.807) is 31.0 Å². The maximum absolute atomic E-state index is 13.2. The fraction of sp³-hybridized carbons (Fsp3) is 0.222. The third-order valence-corrected chi connectivity index (χ3v) is 6.35. The summed E-state index contributed by atoms with van der Waals surface area (Å²) in [7, 11) is 3.25. The number of aryl methyl sites for hydroxylation is 1. The zero-order chi connectivity index (χ0) is 24.4. The molecule has 2 heterocycles. The van der Waals surface area contributed by atoms with E-state index in [2.05, 4.69) is 26.7 Å². The molecule has 0 spiro atoms. The number of rotatable bonds is 8. The van der Waals surface area contributed by atoms with Crippen molar-refractivity contribution in [3.05, 3.63) is 83.6 Å². The first-order chi connectivity index (χ1) is 17.1. The summed E-state index contributed by atoms with van der Waals surface area (Å²) < 4.78 is 13.1. The Hall–Kier alpha value is -4.33. The number of aromatic nitrogens is 4. The second kappa shape index (κ2) is 9.50. The third-order valence-electron chi connectivity index (χ3n) is 6.35. The van der Waals surface area contributed by atoms with Crippen molar-refractivity contribution < 1.29 is 14.3 Å². The maximum atomic E-state index is 13.2. The predicted octanol–water partition coefficient (Wildman–Crippen LogP) is 4.51. The molecule has 0 saturated carbocycles. The fourth-order valence-electron chi connectivity index (χ4n) is 4.60. The highest BCUT2D eigenvalue weighted by Gasteiger charge is 2.24. The number of hydrogen-bond donors (Lipinski definition) is 2. The Bertz CT molecular complexity index is 1500. The van der Waals surface area contributed by atoms with E-state index < -0.39 is 0 Å². The van der Waals surface area contributed by atoms with Crippen molar-refractivity contribution in [3.63, 3.8) is 0 Å². The minimum Gasteiger partial charge on any atom is -0.493 e. The molecule has 0 aliphatic heterocycles. The highest BCUT2D eigenvalue weighted by Crippen LogP contribution is 2.40. The lowest BCUT2D eigenvalue weighted by molar-refractivity contribution is 0.0952. The van der Waals surface area contributed by atoms with Crippen LogP contribution >= 0.6 is 0 Å². The van der Waals surface area contributed by atoms with Crippen molar-refractivity contribution in [3.8, 4) is 11.5 Å². The van der Waals surface area contributed by atoms with Gasteiger partial charge in [0.1, 0.15) is 5.52 Å². The van der Waals surface area contributed by atoms with E-state index >= 15 is 0 Å². The van der Waals surface area contributed by atoms with Crippen LogP contribution in [0.3, 0.4) is 0 Å². The van der Waals surface area contributed by atoms with Crippen molar-refractivity contribution >= 4 is 27.8 Å². The van der Waals surface area contributed by atoms with Gasteiger partial charge in [-0.25, -0.2) is 4.68 Å². The van der Waals surface area contributed by atoms with Gasteiger partial charge in [-0.05, 0) is 42.8 Å². The lowest BCUT2D eigenvalue weighted by atomic mass is 9.89. The number of H-pyrrole nitrogens is 1. The Morgan fingerprint density at radius 1 is 1.06 bits per heavy atom. The molecule has 5 aromatic rings. The van der Waals surface area contributed by atoms with E-state index in [9.17, 15) is 4.79 Å². The summed E-state index contributed by atoms with van der Waals surface area (Å²) in [5.74, 6) is 0.942. The Morgan fingerprint density at radius 2 is 1.91 bits per heavy atom. The molecule has 0 saturated heterocycles. The quantitative estimate of drug-likeness (QED) is 0.349. The molecule has 8 heteroatoms. The van der Waals surface area contributed by atoms with Gasteiger partial charge in [0.2, 0.25) is 0 Å². The number of benzene rings is 3. The lowest BCUT2D eigenvalue weighted by Gasteiger charge is -2.22. The third kappa shape index (κ3) is 4.07. The zero-order valence-electron chi connectivity index (χ0n) is 19.9. The van der Waals surface area contributed by atoms with Crippen LogP contribution in [0.1, 0.15) is 34.3 Å². The van der Waals surface area contributed by atoms with Crippen molar-refractivity contribution in [1.29, 1.82) is 0 Å². The van der Waals surface area contributed by atoms with Crippen molar-refractivity contribution in [1.82, 2.24) is 25.3 Å². The normalized spacial score (nSPS) is 12.1. The number of methoxy groups -OCH3 is 2. The van der Waals surface area contributed by atoms with E-state index in [1.165, 1.54) is 0 Å². The summed E-state index contributed by atoms with van der Waals surface area (Å²) in [4.78, 5) is 16.5. The van der Waals surface area contributed by atoms with Gasteiger partial charge in [-0.1, -0.05) is 35.5 Å². The van der Waals surface area contributed by atoms with Crippen LogP contribution in [-0.4, -0.2) is 46.6 Å². The Labute approximate surface area is 202 Å². The number of fused-ring (bicyclic) bond motifs is 2. The van der Waals surface area contributed by atoms with Gasteiger partial charge in [0.05, 0.1) is 19.7 Å². The van der Waals surface area contributed by atoms with Gasteiger partial charge < -0.3 is 19.8 Å². The number of para-hydroxylation sites is 2. The molecule has 2 aromatic heterocycles. The van der Waals surface area contributed by atoms with Crippen LogP contribution in [0.15, 0.2) is 66.9 Å². The summed E-state index contributed by atoms with van der Waals surface area (Å²) in [6, 6.07) is 19.4. The first kappa shape index (κ1) is 22.5. The van der Waals surface area contributed by atoms with Gasteiger partial charge in [0.15, 0.2) is 11.5 Å². The minimum atomic E-state index is -0.176. The SMILES string of the molecule is CCn1nnc2cc(C(=O)NC[C@H](c3cccc(OC)c3OC)c3c[nH]c4ccccc34)ccc21. The highest BCUT2D eigenvalue weighted by molar-refractivity contribution is 5.97. The molecule has 0 bridgehead atoms. The Morgan fingerprint density at radius 3 is 2.71 bits per heavy atom. The maximum Gasteiger partial charge on any atom is 0.251 e. The summed E-state index contributed by atoms with van der Waals surface area (Å²) in [5, 5.41) is 12.5. The first-order valence-corrected chi connectivity index (χ1v) is 11.5. The number of nitrogens with zero attached hydrogens (tertiary/aromatic N) is 3. The van der Waals surface area contributed by atoms with Crippen LogP contribution < -0.4 is 14.8 Å². The number of ether oxygens (including phenoxy) is 2. The second-order valence-corrected chi connectivity index (χ2v) is 8.24. The van der Waals surface area contributed by atoms with Gasteiger partial charge in [0, 0.05) is 47.2 Å². The van der Waals surface area contributed by atoms with Crippen LogP contribution in [0, 0.1) is 0 Å². The zero-order valence-corrected chi connectivity index (χ0v) is 19.9. The summed E-state index contributed by atoms with van der Waals surface area (Å²) in [6.07, 6.45) is 2.00. The molecule has 35 heavy (non-hydrogen) atoms. The van der Waals surface area contributed by atoms with Crippen LogP contribution in [0.4, 0.5) is 0 Å². The number of carbonyl (C=O) groups excluding carboxylic acids is 1. The van der Waals surface area contributed by atoms with Crippen LogP contribution in [-0.2, 0) is 6.54 Å². The van der Waals surface area contributed by atoms with E-state index in [4.69, 9.17) is 9.47 Å². The Balaban J connectivity index is 1.50. The molecule has 0 fully saturated rings. The molecule has 3 aromatic carbocycles. The smallest absolute Gasteiger partial charge is 0.251 e. The summed E-state index contributed by atoms with van der Waals surface area (Å²) >= 11 is 0. The molecule has 1 atom stereocenters. The monoisotopic (exact) mass is 469 g/mol. The van der Waals surface area contributed by atoms with Crippen LogP contribution in [0.25, 0.3) is 21.9 Å². The predicted molar refractivity (Wildman–Crippen MR) is 135 cm³/mol. The number of amides is 1. The average Bonchev–Trinajstić information content (AvgIpc) is 3.52. The van der Waals surface area contributed by atoms with Gasteiger partial charge >= 0.3 is 0 Å². The molecule has 0 aliphatic carbocycles. The van der Waals surface area contributed by atoms with Gasteiger partial charge in [-0.2, -0.15) is 0 Å². The number of carbonyl (C=O) groups is 1. The number of nitrogens with one attached hydrogen (secondary N) is 2. The largest absolute Gasteiger partial charge is 0.493 e. The molecule has 5 rings (SSSR count). The molecular formula is C27H27N5O3. The molecule has 8 nitrogen and oxygen atoms in total. The molecule has 0 radical (unpaired) electrons. The molecule has 2 N–H and O–H groups in total. The van der Waals surface area contributed by atoms with Gasteiger partial charge in [0.25, 0.3) is 5.91 Å². The van der Waals surface area contributed by atoms with Gasteiger partial charge in [-0.15, -0.1) is 5.10 Å². The van der Waals surface area contributed by atoms with E-state index in [0.29, 0.717) is 29.1 Å². The molecule has 178 valence electrons. The molecular weight excluding hydrogens is 442 g/mol. The van der Waals surface area contributed by atoms with Crippen molar-refractivity contribution in [2.45, 2.75) is 19.4 Å². The molecule has 0 unspecified atom stereocenters. The standard InChI is InChI=1S/C27H27N5O3/c1-4-32-24-13-12-17(14-23(24)30-31-32)27(33)29-16-21(19-9-7-11-25(34-2)26(19)35-3)20-15-28-22-10-6-5-8-18(20)22/h5-15,21,28H,4,16H2,1-3H3,(H,29,33)/t21-/m1/s1. The number of aromatic amines is 1. The van der Waals surface area contributed by atoms with Crippen molar-refractivity contribution in [2.24, 2.45) is 0 Å². The number of hydrogen-bond acceptors (Lipinski definition) is 5. The highest BCUT2D eigenvalue weighted by atomic mass is 16.5. The summed E-state index contributed by atoms with van der Waals surface area (Å²) in [6.45, 7) is 3.09. The average molecular weight is 470 g/mol. The summed E-state index contributed by atoms with van der Waals surface area (Å²) in [5.41, 5.74) is 5.16. The minimum absolute atomic E-state index is 0.176. The van der Waals surface area contributed by atoms with Crippen LogP contribution in [0.2, 0.25) is 0 Å². The van der Waals surface area contributed by atoms with E-state index in [1.807, 2.05) is 55.6 Å². The topological polar surface area (TPSA) is 94.1 Å². The van der Waals surface area contributed by atoms with Gasteiger partial charge in [-0.3, -0.25) is 4.79 Å². The van der Waals surface area contributed by atoms with Crippen molar-refractivity contribution in [2.75, 3.05) is 20.8 Å². The Kier molecular flexibility index (Phi) is 6.10. The lowest BCUT2D eigenvalue weighted by Crippen LogP contribution is -2.29. The van der Waals surface area contributed by atoms with E-state index in [0.717, 1.165) is 34.1 Å². The molecule has 0 aliphatic rings. The fourth-order valence-corrected chi connectivity index (χ4v) is 4.60. The van der Waals surface area contributed by atoms with Crippen LogP contribution in [0.5, 0.6) is 11.5 Å². The van der Waals surface area contributed by atoms with E-state index in [-0.39, 0.29) is 11.8 Å².